The molecule has 32 heavy (non-hydrogen) atoms. The van der Waals surface area contributed by atoms with Gasteiger partial charge in [-0.1, -0.05) is 41.7 Å². The van der Waals surface area contributed by atoms with Crippen LogP contribution in [-0.2, 0) is 18.4 Å². The Bertz CT molecular complexity index is 1140. The van der Waals surface area contributed by atoms with Crippen LogP contribution in [0.3, 0.4) is 0 Å². The maximum Gasteiger partial charge on any atom is 0.300 e. The van der Waals surface area contributed by atoms with E-state index in [2.05, 4.69) is 15.3 Å². The maximum absolute atomic E-state index is 12.9. The number of hydrogen-bond donors (Lipinski definition) is 1. The monoisotopic (exact) mass is 456 g/mol. The first kappa shape index (κ1) is 22.2. The van der Waals surface area contributed by atoms with Crippen molar-refractivity contribution in [1.29, 1.82) is 0 Å². The molecule has 0 aliphatic carbocycles. The Morgan fingerprint density at radius 2 is 2.06 bits per heavy atom. The van der Waals surface area contributed by atoms with Crippen molar-refractivity contribution in [3.8, 4) is 6.01 Å². The van der Waals surface area contributed by atoms with Crippen molar-refractivity contribution in [2.24, 2.45) is 7.05 Å². The van der Waals surface area contributed by atoms with Gasteiger partial charge >= 0.3 is 0 Å². The smallest absolute Gasteiger partial charge is 0.300 e. The molecule has 1 aromatic carbocycles. The molecule has 1 N–H and O–H groups in total. The Balaban J connectivity index is 1.52. The fourth-order valence-corrected chi connectivity index (χ4v) is 4.67. The number of rotatable bonds is 8. The summed E-state index contributed by atoms with van der Waals surface area (Å²) in [6.07, 6.45) is 1.64. The van der Waals surface area contributed by atoms with Crippen molar-refractivity contribution in [3.63, 3.8) is 0 Å². The highest BCUT2D eigenvalue weighted by Gasteiger charge is 2.33. The third-order valence-corrected chi connectivity index (χ3v) is 6.46. The van der Waals surface area contributed by atoms with Crippen LogP contribution in [0.1, 0.15) is 18.4 Å². The molecule has 9 nitrogen and oxygen atoms in total. The van der Waals surface area contributed by atoms with Crippen LogP contribution in [0, 0.1) is 0 Å². The molecule has 3 heterocycles. The summed E-state index contributed by atoms with van der Waals surface area (Å²) in [6, 6.07) is 9.80. The molecular formula is C22H28N6O3S. The van der Waals surface area contributed by atoms with Gasteiger partial charge in [0.2, 0.25) is 5.91 Å². The lowest BCUT2D eigenvalue weighted by Gasteiger charge is -2.23. The van der Waals surface area contributed by atoms with Crippen LogP contribution < -0.4 is 20.5 Å². The lowest BCUT2D eigenvalue weighted by molar-refractivity contribution is -0.122. The lowest BCUT2D eigenvalue weighted by atomic mass is 10.2. The fraction of sp³-hybridized carbons (Fsp3) is 0.455. The number of thiazole rings is 1. The van der Waals surface area contributed by atoms with Gasteiger partial charge in [0.1, 0.15) is 12.6 Å². The zero-order chi connectivity index (χ0) is 22.7. The van der Waals surface area contributed by atoms with E-state index in [-0.39, 0.29) is 23.5 Å². The summed E-state index contributed by atoms with van der Waals surface area (Å²) in [7, 11) is 5.54. The van der Waals surface area contributed by atoms with E-state index in [0.717, 1.165) is 31.5 Å². The van der Waals surface area contributed by atoms with Crippen molar-refractivity contribution < 1.29 is 9.53 Å². The van der Waals surface area contributed by atoms with E-state index in [1.165, 1.54) is 15.9 Å². The number of likely N-dealkylation sites (N-methyl/N-ethyl adjacent to an activating group) is 1. The molecule has 0 radical (unpaired) electrons. The number of ether oxygens (including phenoxy) is 1. The summed E-state index contributed by atoms with van der Waals surface area (Å²) >= 11 is 1.33. The van der Waals surface area contributed by atoms with E-state index >= 15 is 0 Å². The van der Waals surface area contributed by atoms with Crippen molar-refractivity contribution in [1.82, 2.24) is 24.8 Å². The third kappa shape index (κ3) is 4.76. The minimum atomic E-state index is -0.307. The number of amides is 1. The molecule has 3 aromatic rings. The zero-order valence-electron chi connectivity index (χ0n) is 18.6. The van der Waals surface area contributed by atoms with E-state index in [1.807, 2.05) is 54.2 Å². The van der Waals surface area contributed by atoms with E-state index < -0.39 is 0 Å². The van der Waals surface area contributed by atoms with Crippen LogP contribution in [0.2, 0.25) is 0 Å². The Morgan fingerprint density at radius 1 is 1.28 bits per heavy atom. The second kappa shape index (κ2) is 9.66. The standard InChI is InChI=1S/C22H28N6O3S/c1-26(2)12-13-31-21-25-19-17(20(30)27(21)3)24-22(32-19)28-11-7-10-16(28)18(29)23-14-15-8-5-4-6-9-15/h4-6,8-9,16H,7,10-14H2,1-3H3,(H,23,29)/t16-/m1/s1. The molecule has 1 aliphatic rings. The van der Waals surface area contributed by atoms with Gasteiger partial charge < -0.3 is 19.9 Å². The number of carbonyl (C=O) groups is 1. The minimum Gasteiger partial charge on any atom is -0.463 e. The highest BCUT2D eigenvalue weighted by molar-refractivity contribution is 7.21. The number of nitrogens with one attached hydrogen (secondary N) is 1. The van der Waals surface area contributed by atoms with Gasteiger partial charge in [-0.2, -0.15) is 4.98 Å². The van der Waals surface area contributed by atoms with Gasteiger partial charge in [0.15, 0.2) is 15.5 Å². The van der Waals surface area contributed by atoms with Crippen molar-refractivity contribution in [2.75, 3.05) is 38.7 Å². The van der Waals surface area contributed by atoms with Crippen LogP contribution in [0.4, 0.5) is 5.13 Å². The van der Waals surface area contributed by atoms with Crippen molar-refractivity contribution >= 4 is 32.7 Å². The molecule has 0 unspecified atom stereocenters. The van der Waals surface area contributed by atoms with E-state index in [9.17, 15) is 9.59 Å². The highest BCUT2D eigenvalue weighted by atomic mass is 32.1. The minimum absolute atomic E-state index is 0.0285. The van der Waals surface area contributed by atoms with E-state index in [0.29, 0.717) is 28.6 Å². The zero-order valence-corrected chi connectivity index (χ0v) is 19.4. The number of nitrogens with zero attached hydrogens (tertiary/aromatic N) is 5. The summed E-state index contributed by atoms with van der Waals surface area (Å²) in [5.41, 5.74) is 1.12. The van der Waals surface area contributed by atoms with E-state index in [4.69, 9.17) is 4.74 Å². The normalized spacial score (nSPS) is 16.1. The third-order valence-electron chi connectivity index (χ3n) is 5.47. The Morgan fingerprint density at radius 3 is 2.81 bits per heavy atom. The topological polar surface area (TPSA) is 92.6 Å². The lowest BCUT2D eigenvalue weighted by Crippen LogP contribution is -2.43. The molecule has 170 valence electrons. The molecule has 4 rings (SSSR count). The van der Waals surface area contributed by atoms with Crippen LogP contribution in [-0.4, -0.2) is 65.2 Å². The molecule has 10 heteroatoms. The van der Waals surface area contributed by atoms with Gasteiger partial charge in [-0.25, -0.2) is 4.98 Å². The predicted molar refractivity (Wildman–Crippen MR) is 125 cm³/mol. The van der Waals surface area contributed by atoms with E-state index in [1.54, 1.807) is 7.05 Å². The van der Waals surface area contributed by atoms with Crippen LogP contribution in [0.5, 0.6) is 6.01 Å². The fourth-order valence-electron chi connectivity index (χ4n) is 3.67. The van der Waals surface area contributed by atoms with Gasteiger partial charge in [-0.15, -0.1) is 0 Å². The van der Waals surface area contributed by atoms with Crippen LogP contribution >= 0.6 is 11.3 Å². The molecule has 1 fully saturated rings. The van der Waals surface area contributed by atoms with Crippen molar-refractivity contribution in [3.05, 3.63) is 46.2 Å². The number of benzene rings is 1. The molecule has 0 saturated carbocycles. The quantitative estimate of drug-likeness (QED) is 0.551. The maximum atomic E-state index is 12.9. The number of anilines is 1. The SMILES string of the molecule is CN(C)CCOc1nc2sc(N3CCC[C@@H]3C(=O)NCc3ccccc3)nc2c(=O)n1C. The Hall–Kier alpha value is -2.98. The molecule has 2 aromatic heterocycles. The van der Waals surface area contributed by atoms with Crippen molar-refractivity contribution in [2.45, 2.75) is 25.4 Å². The molecule has 1 saturated heterocycles. The molecule has 0 bridgehead atoms. The summed E-state index contributed by atoms with van der Waals surface area (Å²) in [5, 5.41) is 3.67. The molecule has 0 spiro atoms. The Kier molecular flexibility index (Phi) is 6.71. The highest BCUT2D eigenvalue weighted by Crippen LogP contribution is 2.32. The average molecular weight is 457 g/mol. The first-order valence-electron chi connectivity index (χ1n) is 10.7. The predicted octanol–water partition coefficient (Wildman–Crippen LogP) is 1.62. The first-order chi connectivity index (χ1) is 15.4. The van der Waals surface area contributed by atoms with Gasteiger partial charge in [-0.3, -0.25) is 14.2 Å². The summed E-state index contributed by atoms with van der Waals surface area (Å²) in [6.45, 7) is 2.35. The Labute approximate surface area is 190 Å². The first-order valence-corrected chi connectivity index (χ1v) is 11.5. The van der Waals surface area contributed by atoms with Gasteiger partial charge in [0, 0.05) is 26.7 Å². The molecule has 1 amide bonds. The molecule has 1 aliphatic heterocycles. The number of hydrogen-bond acceptors (Lipinski definition) is 8. The van der Waals surface area contributed by atoms with Crippen LogP contribution in [0.15, 0.2) is 35.1 Å². The summed E-state index contributed by atoms with van der Waals surface area (Å²) < 4.78 is 7.10. The van der Waals surface area contributed by atoms with Crippen LogP contribution in [0.25, 0.3) is 10.3 Å². The number of fused-ring (bicyclic) bond motifs is 1. The number of aromatic nitrogens is 3. The number of carbonyl (C=O) groups excluding carboxylic acids is 1. The molecule has 1 atom stereocenters. The largest absolute Gasteiger partial charge is 0.463 e. The second-order valence-electron chi connectivity index (χ2n) is 8.12. The van der Waals surface area contributed by atoms with Gasteiger partial charge in [0.25, 0.3) is 11.6 Å². The average Bonchev–Trinajstić information content (AvgIpc) is 3.43. The second-order valence-corrected chi connectivity index (χ2v) is 9.07. The summed E-state index contributed by atoms with van der Waals surface area (Å²) in [5.74, 6) is -0.0285. The summed E-state index contributed by atoms with van der Waals surface area (Å²) in [4.78, 5) is 39.3. The van der Waals surface area contributed by atoms with Gasteiger partial charge in [-0.05, 0) is 32.5 Å². The molecular weight excluding hydrogens is 428 g/mol. The van der Waals surface area contributed by atoms with Gasteiger partial charge in [0.05, 0.1) is 0 Å².